The van der Waals surface area contributed by atoms with Gasteiger partial charge in [0.1, 0.15) is 0 Å². The number of carbonyl (C=O) groups is 2. The maximum absolute atomic E-state index is 11.9. The summed E-state index contributed by atoms with van der Waals surface area (Å²) in [5.74, 6) is -0.747. The topological polar surface area (TPSA) is 58.6 Å². The zero-order chi connectivity index (χ0) is 16.0. The second-order valence-corrected chi connectivity index (χ2v) is 5.52. The normalized spacial score (nSPS) is 10.6. The van der Waals surface area contributed by atoms with Crippen LogP contribution in [0.2, 0.25) is 15.1 Å². The Hall–Kier alpha value is -1.01. The first-order valence-electron chi connectivity index (χ1n) is 6.12. The van der Waals surface area contributed by atoms with Crippen LogP contribution >= 0.6 is 34.8 Å². The van der Waals surface area contributed by atoms with Crippen molar-refractivity contribution in [2.24, 2.45) is 0 Å². The van der Waals surface area contributed by atoms with Crippen molar-refractivity contribution in [2.45, 2.75) is 6.92 Å². The number of nitrogens with zero attached hydrogens (tertiary/aromatic N) is 1. The molecule has 0 aliphatic rings. The molecule has 0 unspecified atom stereocenters. The van der Waals surface area contributed by atoms with Crippen molar-refractivity contribution in [1.29, 1.82) is 0 Å². The average Bonchev–Trinajstić information content (AvgIpc) is 2.33. The number of carbonyl (C=O) groups excluding carboxylic acids is 2. The van der Waals surface area contributed by atoms with E-state index in [-0.39, 0.29) is 34.7 Å². The molecule has 21 heavy (non-hydrogen) atoms. The van der Waals surface area contributed by atoms with E-state index in [1.54, 1.807) is 14.0 Å². The van der Waals surface area contributed by atoms with Crippen molar-refractivity contribution in [2.75, 3.05) is 32.1 Å². The summed E-state index contributed by atoms with van der Waals surface area (Å²) in [6.45, 7) is 2.03. The highest BCUT2D eigenvalue weighted by Gasteiger charge is 2.14. The van der Waals surface area contributed by atoms with Gasteiger partial charge in [-0.15, -0.1) is 0 Å². The molecule has 0 aliphatic heterocycles. The lowest BCUT2D eigenvalue weighted by molar-refractivity contribution is -0.144. The number of anilines is 1. The van der Waals surface area contributed by atoms with Gasteiger partial charge in [0.05, 0.1) is 35.4 Å². The Kier molecular flexibility index (Phi) is 7.25. The van der Waals surface area contributed by atoms with Gasteiger partial charge in [0.2, 0.25) is 5.91 Å². The summed E-state index contributed by atoms with van der Waals surface area (Å²) in [7, 11) is 1.63. The fourth-order valence-corrected chi connectivity index (χ4v) is 2.48. The van der Waals surface area contributed by atoms with Gasteiger partial charge in [-0.1, -0.05) is 34.8 Å². The maximum Gasteiger partial charge on any atom is 0.320 e. The quantitative estimate of drug-likeness (QED) is 0.799. The lowest BCUT2D eigenvalue weighted by atomic mass is 10.3. The number of halogens is 3. The molecule has 1 N–H and O–H groups in total. The third-order valence-corrected chi connectivity index (χ3v) is 3.20. The number of likely N-dealkylation sites (N-methyl/N-ethyl adjacent to an activating group) is 1. The van der Waals surface area contributed by atoms with Crippen molar-refractivity contribution in [3.8, 4) is 0 Å². The van der Waals surface area contributed by atoms with Crippen molar-refractivity contribution in [3.63, 3.8) is 0 Å². The molecule has 0 aliphatic carbocycles. The smallest absolute Gasteiger partial charge is 0.320 e. The van der Waals surface area contributed by atoms with E-state index in [2.05, 4.69) is 5.32 Å². The van der Waals surface area contributed by atoms with Crippen LogP contribution in [0.15, 0.2) is 12.1 Å². The zero-order valence-corrected chi connectivity index (χ0v) is 13.8. The molecule has 1 rings (SSSR count). The number of esters is 1. The first-order chi connectivity index (χ1) is 9.83. The SMILES string of the molecule is CCOC(=O)CN(C)CC(=O)Nc1c(Cl)cc(Cl)cc1Cl. The molecule has 8 heteroatoms. The number of amides is 1. The molecule has 0 atom stereocenters. The fraction of sp³-hybridized carbons (Fsp3) is 0.385. The summed E-state index contributed by atoms with van der Waals surface area (Å²) >= 11 is 17.7. The number of rotatable bonds is 6. The third-order valence-electron chi connectivity index (χ3n) is 2.39. The number of hydrogen-bond acceptors (Lipinski definition) is 4. The van der Waals surface area contributed by atoms with Crippen LogP contribution in [0.5, 0.6) is 0 Å². The highest BCUT2D eigenvalue weighted by molar-refractivity contribution is 6.42. The van der Waals surface area contributed by atoms with Gasteiger partial charge in [0, 0.05) is 5.02 Å². The van der Waals surface area contributed by atoms with Gasteiger partial charge in [-0.05, 0) is 26.1 Å². The third kappa shape index (κ3) is 6.09. The minimum Gasteiger partial charge on any atom is -0.465 e. The van der Waals surface area contributed by atoms with Gasteiger partial charge in [0.25, 0.3) is 0 Å². The molecule has 0 bridgehead atoms. The fourth-order valence-electron chi connectivity index (χ4n) is 1.57. The Bertz CT molecular complexity index is 514. The van der Waals surface area contributed by atoms with Crippen LogP contribution in [0.4, 0.5) is 5.69 Å². The predicted molar refractivity (Wildman–Crippen MR) is 84.2 cm³/mol. The number of benzene rings is 1. The van der Waals surface area contributed by atoms with E-state index in [9.17, 15) is 9.59 Å². The van der Waals surface area contributed by atoms with Crippen LogP contribution < -0.4 is 5.32 Å². The second-order valence-electron chi connectivity index (χ2n) is 4.27. The molecular formula is C13H15Cl3N2O3. The Morgan fingerprint density at radius 1 is 1.19 bits per heavy atom. The van der Waals surface area contributed by atoms with Gasteiger partial charge in [0.15, 0.2) is 0 Å². The molecule has 0 saturated carbocycles. The standard InChI is InChI=1S/C13H15Cl3N2O3/c1-3-21-12(20)7-18(2)6-11(19)17-13-9(15)4-8(14)5-10(13)16/h4-5H,3,6-7H2,1-2H3,(H,17,19). The summed E-state index contributed by atoms with van der Waals surface area (Å²) in [6.07, 6.45) is 0. The maximum atomic E-state index is 11.9. The average molecular weight is 354 g/mol. The van der Waals surface area contributed by atoms with Crippen LogP contribution in [-0.4, -0.2) is 43.5 Å². The van der Waals surface area contributed by atoms with Crippen LogP contribution in [0.25, 0.3) is 0 Å². The summed E-state index contributed by atoms with van der Waals surface area (Å²) in [4.78, 5) is 24.7. The van der Waals surface area contributed by atoms with Crippen molar-refractivity contribution in [1.82, 2.24) is 4.90 Å². The van der Waals surface area contributed by atoms with E-state index < -0.39 is 5.97 Å². The van der Waals surface area contributed by atoms with Crippen molar-refractivity contribution in [3.05, 3.63) is 27.2 Å². The second kappa shape index (κ2) is 8.44. The first kappa shape index (κ1) is 18.0. The first-order valence-corrected chi connectivity index (χ1v) is 7.25. The summed E-state index contributed by atoms with van der Waals surface area (Å²) in [5.41, 5.74) is 0.289. The molecule has 0 saturated heterocycles. The van der Waals surface area contributed by atoms with Crippen LogP contribution in [0, 0.1) is 0 Å². The molecule has 116 valence electrons. The monoisotopic (exact) mass is 352 g/mol. The molecule has 5 nitrogen and oxygen atoms in total. The largest absolute Gasteiger partial charge is 0.465 e. The van der Waals surface area contributed by atoms with Crippen molar-refractivity contribution < 1.29 is 14.3 Å². The lowest BCUT2D eigenvalue weighted by Crippen LogP contribution is -2.34. The highest BCUT2D eigenvalue weighted by atomic mass is 35.5. The summed E-state index contributed by atoms with van der Waals surface area (Å²) < 4.78 is 4.79. The summed E-state index contributed by atoms with van der Waals surface area (Å²) in [5, 5.41) is 3.45. The molecule has 0 fully saturated rings. The number of nitrogens with one attached hydrogen (secondary N) is 1. The number of hydrogen-bond donors (Lipinski definition) is 1. The molecule has 1 amide bonds. The Morgan fingerprint density at radius 2 is 1.76 bits per heavy atom. The molecule has 1 aromatic rings. The van der Waals surface area contributed by atoms with E-state index in [4.69, 9.17) is 39.5 Å². The Labute approximate surface area is 138 Å². The van der Waals surface area contributed by atoms with Crippen LogP contribution in [-0.2, 0) is 14.3 Å². The molecular weight excluding hydrogens is 339 g/mol. The molecule has 0 radical (unpaired) electrons. The van der Waals surface area contributed by atoms with Gasteiger partial charge in [-0.3, -0.25) is 14.5 Å². The lowest BCUT2D eigenvalue weighted by Gasteiger charge is -2.16. The van der Waals surface area contributed by atoms with Gasteiger partial charge in [-0.2, -0.15) is 0 Å². The highest BCUT2D eigenvalue weighted by Crippen LogP contribution is 2.33. The van der Waals surface area contributed by atoms with Crippen LogP contribution in [0.3, 0.4) is 0 Å². The zero-order valence-electron chi connectivity index (χ0n) is 11.6. The minimum absolute atomic E-state index is 0.00585. The Morgan fingerprint density at radius 3 is 2.29 bits per heavy atom. The van der Waals surface area contributed by atoms with E-state index in [0.29, 0.717) is 11.6 Å². The van der Waals surface area contributed by atoms with Gasteiger partial charge in [-0.25, -0.2) is 0 Å². The van der Waals surface area contributed by atoms with E-state index in [0.717, 1.165) is 0 Å². The van der Waals surface area contributed by atoms with Crippen molar-refractivity contribution >= 4 is 52.4 Å². The predicted octanol–water partition coefficient (Wildman–Crippen LogP) is 3.08. The summed E-state index contributed by atoms with van der Waals surface area (Å²) in [6, 6.07) is 2.96. The van der Waals surface area contributed by atoms with Gasteiger partial charge >= 0.3 is 5.97 Å². The number of ether oxygens (including phenoxy) is 1. The van der Waals surface area contributed by atoms with E-state index in [1.807, 2.05) is 0 Å². The van der Waals surface area contributed by atoms with Crippen LogP contribution in [0.1, 0.15) is 6.92 Å². The molecule has 0 spiro atoms. The molecule has 1 aromatic carbocycles. The van der Waals surface area contributed by atoms with E-state index in [1.165, 1.54) is 17.0 Å². The Balaban J connectivity index is 2.60. The minimum atomic E-state index is -0.393. The molecule has 0 heterocycles. The van der Waals surface area contributed by atoms with E-state index >= 15 is 0 Å². The molecule has 0 aromatic heterocycles. The van der Waals surface area contributed by atoms with Gasteiger partial charge < -0.3 is 10.1 Å².